The van der Waals surface area contributed by atoms with Crippen molar-refractivity contribution in [2.45, 2.75) is 51.3 Å². The molecule has 6 nitrogen and oxygen atoms in total. The lowest BCUT2D eigenvalue weighted by Crippen LogP contribution is -2.48. The van der Waals surface area contributed by atoms with Gasteiger partial charge in [0.15, 0.2) is 0 Å². The van der Waals surface area contributed by atoms with Gasteiger partial charge in [0.25, 0.3) is 0 Å². The first-order valence-corrected chi connectivity index (χ1v) is 9.18. The Hall–Kier alpha value is -2.08. The van der Waals surface area contributed by atoms with Crippen LogP contribution in [0.5, 0.6) is 0 Å². The van der Waals surface area contributed by atoms with Crippen LogP contribution in [0.2, 0.25) is 0 Å². The van der Waals surface area contributed by atoms with Crippen molar-refractivity contribution in [3.63, 3.8) is 0 Å². The largest absolute Gasteiger partial charge is 0.444 e. The van der Waals surface area contributed by atoms with E-state index in [9.17, 15) is 9.59 Å². The van der Waals surface area contributed by atoms with E-state index in [1.807, 2.05) is 53.1 Å². The number of hydrogen-bond donors (Lipinski definition) is 1. The third kappa shape index (κ3) is 5.46. The molecule has 26 heavy (non-hydrogen) atoms. The van der Waals surface area contributed by atoms with Gasteiger partial charge in [0.2, 0.25) is 5.91 Å². The molecule has 0 spiro atoms. The van der Waals surface area contributed by atoms with Crippen LogP contribution in [0.3, 0.4) is 0 Å². The van der Waals surface area contributed by atoms with E-state index in [0.717, 1.165) is 12.0 Å². The molecule has 1 heterocycles. The predicted octanol–water partition coefficient (Wildman–Crippen LogP) is 2.81. The summed E-state index contributed by atoms with van der Waals surface area (Å²) in [5, 5.41) is 3.02. The Morgan fingerprint density at radius 3 is 2.50 bits per heavy atom. The Labute approximate surface area is 156 Å². The van der Waals surface area contributed by atoms with E-state index in [0.29, 0.717) is 19.5 Å². The predicted molar refractivity (Wildman–Crippen MR) is 102 cm³/mol. The standard InChI is InChI=1S/C20H31N3O3/c1-20(2,3)26-19(25)23-13-9-12-16(23)18(24)21-14-17(22(4)5)15-10-7-6-8-11-15/h6-8,10-11,16-17H,9,12-14H2,1-5H3,(H,21,24)/t16-,17?/m0/s1. The van der Waals surface area contributed by atoms with Gasteiger partial charge in [-0.3, -0.25) is 9.69 Å². The van der Waals surface area contributed by atoms with Crippen molar-refractivity contribution in [3.8, 4) is 0 Å². The molecule has 1 aromatic carbocycles. The van der Waals surface area contributed by atoms with Crippen LogP contribution in [0.15, 0.2) is 30.3 Å². The van der Waals surface area contributed by atoms with Crippen molar-refractivity contribution < 1.29 is 14.3 Å². The highest BCUT2D eigenvalue weighted by Crippen LogP contribution is 2.22. The Balaban J connectivity index is 1.98. The summed E-state index contributed by atoms with van der Waals surface area (Å²) in [6.07, 6.45) is 1.07. The molecule has 2 atom stereocenters. The van der Waals surface area contributed by atoms with Gasteiger partial charge in [-0.25, -0.2) is 4.79 Å². The highest BCUT2D eigenvalue weighted by atomic mass is 16.6. The summed E-state index contributed by atoms with van der Waals surface area (Å²) >= 11 is 0. The zero-order chi connectivity index (χ0) is 19.3. The van der Waals surface area contributed by atoms with E-state index in [1.54, 1.807) is 4.90 Å². The maximum atomic E-state index is 12.7. The molecule has 0 aliphatic carbocycles. The highest BCUT2D eigenvalue weighted by Gasteiger charge is 2.36. The average molecular weight is 361 g/mol. The smallest absolute Gasteiger partial charge is 0.410 e. The molecule has 0 bridgehead atoms. The molecule has 1 saturated heterocycles. The molecule has 1 fully saturated rings. The SMILES string of the molecule is CN(C)C(CNC(=O)[C@@H]1CCCN1C(=O)OC(C)(C)C)c1ccccc1. The summed E-state index contributed by atoms with van der Waals surface area (Å²) in [5.41, 5.74) is 0.581. The number of nitrogens with one attached hydrogen (secondary N) is 1. The minimum Gasteiger partial charge on any atom is -0.444 e. The molecule has 1 N–H and O–H groups in total. The zero-order valence-electron chi connectivity index (χ0n) is 16.5. The van der Waals surface area contributed by atoms with Crippen molar-refractivity contribution in [1.82, 2.24) is 15.1 Å². The molecule has 1 aliphatic heterocycles. The van der Waals surface area contributed by atoms with Gasteiger partial charge in [0, 0.05) is 13.1 Å². The van der Waals surface area contributed by atoms with Crippen LogP contribution in [-0.2, 0) is 9.53 Å². The van der Waals surface area contributed by atoms with Crippen molar-refractivity contribution in [1.29, 1.82) is 0 Å². The molecule has 2 amide bonds. The first-order chi connectivity index (χ1) is 12.2. The van der Waals surface area contributed by atoms with Gasteiger partial charge >= 0.3 is 6.09 Å². The highest BCUT2D eigenvalue weighted by molar-refractivity contribution is 5.86. The normalized spacial score (nSPS) is 18.7. The van der Waals surface area contributed by atoms with E-state index in [2.05, 4.69) is 22.3 Å². The minimum atomic E-state index is -0.565. The number of rotatable bonds is 5. The molecular formula is C20H31N3O3. The molecule has 1 unspecified atom stereocenters. The second-order valence-corrected chi connectivity index (χ2v) is 7.97. The Bertz CT molecular complexity index is 610. The molecular weight excluding hydrogens is 330 g/mol. The summed E-state index contributed by atoms with van der Waals surface area (Å²) in [7, 11) is 3.98. The van der Waals surface area contributed by atoms with Crippen LogP contribution >= 0.6 is 0 Å². The van der Waals surface area contributed by atoms with Crippen LogP contribution < -0.4 is 5.32 Å². The quantitative estimate of drug-likeness (QED) is 0.876. The summed E-state index contributed by atoms with van der Waals surface area (Å²) in [4.78, 5) is 28.7. The van der Waals surface area contributed by atoms with E-state index in [-0.39, 0.29) is 11.9 Å². The number of carbonyl (C=O) groups is 2. The fourth-order valence-electron chi connectivity index (χ4n) is 3.17. The van der Waals surface area contributed by atoms with Crippen LogP contribution in [-0.4, -0.2) is 60.6 Å². The van der Waals surface area contributed by atoms with E-state index in [4.69, 9.17) is 4.74 Å². The monoisotopic (exact) mass is 361 g/mol. The fraction of sp³-hybridized carbons (Fsp3) is 0.600. The first kappa shape index (κ1) is 20.2. The number of ether oxygens (including phenoxy) is 1. The van der Waals surface area contributed by atoms with Crippen LogP contribution in [0, 0.1) is 0 Å². The van der Waals surface area contributed by atoms with Crippen molar-refractivity contribution in [2.24, 2.45) is 0 Å². The number of carbonyl (C=O) groups excluding carboxylic acids is 2. The summed E-state index contributed by atoms with van der Waals surface area (Å²) in [6, 6.07) is 9.70. The molecule has 1 aromatic rings. The maximum absolute atomic E-state index is 12.7. The molecule has 144 valence electrons. The lowest BCUT2D eigenvalue weighted by atomic mass is 10.1. The second kappa shape index (κ2) is 8.54. The van der Waals surface area contributed by atoms with Gasteiger partial charge in [-0.1, -0.05) is 30.3 Å². The number of hydrogen-bond acceptors (Lipinski definition) is 4. The number of likely N-dealkylation sites (N-methyl/N-ethyl adjacent to an activating group) is 1. The lowest BCUT2D eigenvalue weighted by Gasteiger charge is -2.29. The van der Waals surface area contributed by atoms with Crippen LogP contribution in [0.25, 0.3) is 0 Å². The molecule has 0 saturated carbocycles. The fourth-order valence-corrected chi connectivity index (χ4v) is 3.17. The number of benzene rings is 1. The van der Waals surface area contributed by atoms with Gasteiger partial charge in [-0.05, 0) is 53.3 Å². The summed E-state index contributed by atoms with van der Waals surface area (Å²) in [5.74, 6) is -0.115. The first-order valence-electron chi connectivity index (χ1n) is 9.18. The second-order valence-electron chi connectivity index (χ2n) is 7.97. The number of amides is 2. The molecule has 0 radical (unpaired) electrons. The lowest BCUT2D eigenvalue weighted by molar-refractivity contribution is -0.125. The molecule has 0 aromatic heterocycles. The third-order valence-corrected chi connectivity index (χ3v) is 4.46. The Kier molecular flexibility index (Phi) is 6.64. The minimum absolute atomic E-state index is 0.0801. The van der Waals surface area contributed by atoms with Crippen molar-refractivity contribution in [2.75, 3.05) is 27.2 Å². The number of likely N-dealkylation sites (tertiary alicyclic amines) is 1. The van der Waals surface area contributed by atoms with Gasteiger partial charge < -0.3 is 15.0 Å². The Morgan fingerprint density at radius 1 is 1.27 bits per heavy atom. The van der Waals surface area contributed by atoms with Gasteiger partial charge in [0.05, 0.1) is 6.04 Å². The summed E-state index contributed by atoms with van der Waals surface area (Å²) < 4.78 is 5.43. The topological polar surface area (TPSA) is 61.9 Å². The van der Waals surface area contributed by atoms with E-state index < -0.39 is 17.7 Å². The zero-order valence-corrected chi connectivity index (χ0v) is 16.5. The van der Waals surface area contributed by atoms with E-state index >= 15 is 0 Å². The number of nitrogens with zero attached hydrogens (tertiary/aromatic N) is 2. The Morgan fingerprint density at radius 2 is 1.92 bits per heavy atom. The molecule has 6 heteroatoms. The third-order valence-electron chi connectivity index (χ3n) is 4.46. The average Bonchev–Trinajstić information content (AvgIpc) is 3.04. The van der Waals surface area contributed by atoms with Crippen LogP contribution in [0.4, 0.5) is 4.79 Å². The van der Waals surface area contributed by atoms with Gasteiger partial charge in [-0.15, -0.1) is 0 Å². The van der Waals surface area contributed by atoms with Crippen LogP contribution in [0.1, 0.15) is 45.2 Å². The van der Waals surface area contributed by atoms with Gasteiger partial charge in [0.1, 0.15) is 11.6 Å². The summed E-state index contributed by atoms with van der Waals surface area (Å²) in [6.45, 7) is 6.55. The molecule has 2 rings (SSSR count). The van der Waals surface area contributed by atoms with Gasteiger partial charge in [-0.2, -0.15) is 0 Å². The maximum Gasteiger partial charge on any atom is 0.410 e. The van der Waals surface area contributed by atoms with E-state index in [1.165, 1.54) is 0 Å². The van der Waals surface area contributed by atoms with Crippen molar-refractivity contribution >= 4 is 12.0 Å². The van der Waals surface area contributed by atoms with Crippen molar-refractivity contribution in [3.05, 3.63) is 35.9 Å². The molecule has 1 aliphatic rings.